The van der Waals surface area contributed by atoms with E-state index in [-0.39, 0.29) is 0 Å². The fourth-order valence-corrected chi connectivity index (χ4v) is 2.50. The van der Waals surface area contributed by atoms with Gasteiger partial charge in [-0.2, -0.15) is 0 Å². The van der Waals surface area contributed by atoms with Crippen LogP contribution in [0.3, 0.4) is 0 Å². The molecule has 128 valence electrons. The number of rotatable bonds is 7. The van der Waals surface area contributed by atoms with Crippen LogP contribution in [0.25, 0.3) is 0 Å². The van der Waals surface area contributed by atoms with Gasteiger partial charge >= 0.3 is 0 Å². The van der Waals surface area contributed by atoms with Crippen molar-refractivity contribution in [1.29, 1.82) is 0 Å². The number of nitrogens with zero attached hydrogens (tertiary/aromatic N) is 4. The van der Waals surface area contributed by atoms with Gasteiger partial charge in [0.1, 0.15) is 0 Å². The molecule has 0 radical (unpaired) electrons. The molecular formula is C18H36N4. The van der Waals surface area contributed by atoms with Crippen molar-refractivity contribution in [2.24, 2.45) is 0 Å². The SMILES string of the molecule is CCCCN1C=CN(C)C1C.CCCCN1C=CN(CC)C1. The van der Waals surface area contributed by atoms with E-state index in [1.54, 1.807) is 0 Å². The van der Waals surface area contributed by atoms with Crippen molar-refractivity contribution in [2.75, 3.05) is 33.4 Å². The Kier molecular flexibility index (Phi) is 8.86. The number of unbranched alkanes of at least 4 members (excludes halogenated alkanes) is 2. The summed E-state index contributed by atoms with van der Waals surface area (Å²) in [6.07, 6.45) is 14.4. The first-order valence-electron chi connectivity index (χ1n) is 8.94. The normalized spacial score (nSPS) is 20.0. The Bertz CT molecular complexity index is 340. The van der Waals surface area contributed by atoms with Gasteiger partial charge in [0.25, 0.3) is 0 Å². The zero-order chi connectivity index (χ0) is 16.4. The van der Waals surface area contributed by atoms with Gasteiger partial charge in [-0.05, 0) is 26.7 Å². The highest BCUT2D eigenvalue weighted by Crippen LogP contribution is 2.13. The summed E-state index contributed by atoms with van der Waals surface area (Å²) >= 11 is 0. The van der Waals surface area contributed by atoms with E-state index in [0.717, 1.165) is 13.2 Å². The van der Waals surface area contributed by atoms with Gasteiger partial charge in [0.15, 0.2) is 0 Å². The number of hydrogen-bond donors (Lipinski definition) is 0. The van der Waals surface area contributed by atoms with Gasteiger partial charge in [0.05, 0.1) is 12.8 Å². The van der Waals surface area contributed by atoms with E-state index in [1.807, 2.05) is 0 Å². The van der Waals surface area contributed by atoms with Crippen molar-refractivity contribution in [3.05, 3.63) is 24.8 Å². The average molecular weight is 309 g/mol. The topological polar surface area (TPSA) is 13.0 Å². The molecule has 2 heterocycles. The third-order valence-electron chi connectivity index (χ3n) is 4.39. The summed E-state index contributed by atoms with van der Waals surface area (Å²) in [6.45, 7) is 13.5. The Morgan fingerprint density at radius 3 is 2.00 bits per heavy atom. The minimum absolute atomic E-state index is 0.557. The molecule has 0 spiro atoms. The molecule has 1 unspecified atom stereocenters. The highest BCUT2D eigenvalue weighted by Gasteiger charge is 2.16. The number of hydrogen-bond acceptors (Lipinski definition) is 4. The van der Waals surface area contributed by atoms with Crippen molar-refractivity contribution in [3.63, 3.8) is 0 Å². The summed E-state index contributed by atoms with van der Waals surface area (Å²) in [7, 11) is 2.12. The van der Waals surface area contributed by atoms with E-state index < -0.39 is 0 Å². The van der Waals surface area contributed by atoms with Crippen molar-refractivity contribution < 1.29 is 0 Å². The molecule has 0 fully saturated rings. The fraction of sp³-hybridized carbons (Fsp3) is 0.778. The summed E-state index contributed by atoms with van der Waals surface area (Å²) in [5.41, 5.74) is 0. The predicted molar refractivity (Wildman–Crippen MR) is 96.0 cm³/mol. The van der Waals surface area contributed by atoms with Gasteiger partial charge in [-0.15, -0.1) is 0 Å². The first-order chi connectivity index (χ1) is 10.6. The molecule has 0 amide bonds. The lowest BCUT2D eigenvalue weighted by molar-refractivity contribution is 0.193. The van der Waals surface area contributed by atoms with Gasteiger partial charge < -0.3 is 19.6 Å². The summed E-state index contributed by atoms with van der Waals surface area (Å²) in [5, 5.41) is 0. The van der Waals surface area contributed by atoms with Crippen LogP contribution < -0.4 is 0 Å². The van der Waals surface area contributed by atoms with E-state index in [9.17, 15) is 0 Å². The van der Waals surface area contributed by atoms with Crippen LogP contribution in [-0.4, -0.2) is 59.1 Å². The molecule has 2 aliphatic rings. The van der Waals surface area contributed by atoms with Crippen LogP contribution in [0.15, 0.2) is 24.8 Å². The molecule has 2 aliphatic heterocycles. The monoisotopic (exact) mass is 308 g/mol. The van der Waals surface area contributed by atoms with Crippen LogP contribution in [0.4, 0.5) is 0 Å². The van der Waals surface area contributed by atoms with Gasteiger partial charge in [-0.3, -0.25) is 0 Å². The maximum absolute atomic E-state index is 2.38. The second-order valence-corrected chi connectivity index (χ2v) is 6.20. The lowest BCUT2D eigenvalue weighted by atomic mass is 10.3. The van der Waals surface area contributed by atoms with Gasteiger partial charge in [0.2, 0.25) is 0 Å². The predicted octanol–water partition coefficient (Wildman–Crippen LogP) is 3.70. The summed E-state index contributed by atoms with van der Waals surface area (Å²) in [5.74, 6) is 0. The van der Waals surface area contributed by atoms with Crippen molar-refractivity contribution in [1.82, 2.24) is 19.6 Å². The highest BCUT2D eigenvalue weighted by atomic mass is 15.4. The van der Waals surface area contributed by atoms with E-state index in [2.05, 4.69) is 79.1 Å². The quantitative estimate of drug-likeness (QED) is 0.711. The van der Waals surface area contributed by atoms with Crippen LogP contribution in [0.2, 0.25) is 0 Å². The van der Waals surface area contributed by atoms with Crippen LogP contribution in [0, 0.1) is 0 Å². The molecule has 0 aromatic carbocycles. The average Bonchev–Trinajstić information content (AvgIpc) is 3.12. The molecule has 0 saturated carbocycles. The third kappa shape index (κ3) is 6.20. The molecule has 0 aromatic rings. The second kappa shape index (κ2) is 10.4. The lowest BCUT2D eigenvalue weighted by Crippen LogP contribution is -2.33. The summed E-state index contributed by atoms with van der Waals surface area (Å²) in [4.78, 5) is 9.29. The molecule has 4 nitrogen and oxygen atoms in total. The largest absolute Gasteiger partial charge is 0.359 e. The second-order valence-electron chi connectivity index (χ2n) is 6.20. The van der Waals surface area contributed by atoms with E-state index in [0.29, 0.717) is 6.17 Å². The minimum atomic E-state index is 0.557. The first kappa shape index (κ1) is 18.7. The van der Waals surface area contributed by atoms with Crippen molar-refractivity contribution in [2.45, 2.75) is 59.5 Å². The van der Waals surface area contributed by atoms with Crippen LogP contribution in [0.5, 0.6) is 0 Å². The minimum Gasteiger partial charge on any atom is -0.359 e. The molecule has 4 heteroatoms. The summed E-state index contributed by atoms with van der Waals surface area (Å²) in [6, 6.07) is 0. The van der Waals surface area contributed by atoms with Gasteiger partial charge in [-0.25, -0.2) is 0 Å². The molecule has 0 aliphatic carbocycles. The van der Waals surface area contributed by atoms with Gasteiger partial charge in [0, 0.05) is 51.5 Å². The molecule has 2 rings (SSSR count). The van der Waals surface area contributed by atoms with Crippen molar-refractivity contribution in [3.8, 4) is 0 Å². The smallest absolute Gasteiger partial charge is 0.0974 e. The first-order valence-corrected chi connectivity index (χ1v) is 8.94. The zero-order valence-corrected chi connectivity index (χ0v) is 15.3. The van der Waals surface area contributed by atoms with E-state index in [1.165, 1.54) is 38.8 Å². The highest BCUT2D eigenvalue weighted by molar-refractivity contribution is 4.93. The Morgan fingerprint density at radius 1 is 0.864 bits per heavy atom. The molecule has 0 N–H and O–H groups in total. The van der Waals surface area contributed by atoms with E-state index >= 15 is 0 Å². The zero-order valence-electron chi connectivity index (χ0n) is 15.3. The summed E-state index contributed by atoms with van der Waals surface area (Å²) < 4.78 is 0. The van der Waals surface area contributed by atoms with Gasteiger partial charge in [-0.1, -0.05) is 26.7 Å². The molecule has 0 aromatic heterocycles. The Hall–Kier alpha value is -1.32. The fourth-order valence-electron chi connectivity index (χ4n) is 2.50. The Morgan fingerprint density at radius 2 is 1.50 bits per heavy atom. The molecule has 0 saturated heterocycles. The third-order valence-corrected chi connectivity index (χ3v) is 4.39. The molecule has 0 bridgehead atoms. The maximum atomic E-state index is 2.38. The molecule has 1 atom stereocenters. The Labute approximate surface area is 138 Å². The maximum Gasteiger partial charge on any atom is 0.0974 e. The van der Waals surface area contributed by atoms with Crippen molar-refractivity contribution >= 4 is 0 Å². The molecular weight excluding hydrogens is 272 g/mol. The lowest BCUT2D eigenvalue weighted by Gasteiger charge is -2.26. The van der Waals surface area contributed by atoms with Crippen LogP contribution in [0.1, 0.15) is 53.4 Å². The van der Waals surface area contributed by atoms with E-state index in [4.69, 9.17) is 0 Å². The van der Waals surface area contributed by atoms with Crippen LogP contribution >= 0.6 is 0 Å². The standard InChI is InChI=1S/2C9H18N2/c1-4-5-6-11-8-7-10(3)9(11)2;1-3-5-6-11-8-7-10(4-2)9-11/h7-9H,4-6H2,1-3H3;7-8H,3-6,9H2,1-2H3. The molecule has 22 heavy (non-hydrogen) atoms. The van der Waals surface area contributed by atoms with Crippen LogP contribution in [-0.2, 0) is 0 Å². The Balaban J connectivity index is 0.000000220.